The molecule has 0 aliphatic carbocycles. The van der Waals surface area contributed by atoms with Gasteiger partial charge in [0.05, 0.1) is 21.6 Å². The van der Waals surface area contributed by atoms with Crippen LogP contribution in [0.1, 0.15) is 32.2 Å². The summed E-state index contributed by atoms with van der Waals surface area (Å²) in [6, 6.07) is 13.8. The van der Waals surface area contributed by atoms with E-state index in [1.54, 1.807) is 25.3 Å². The Kier molecular flexibility index (Phi) is 4.48. The van der Waals surface area contributed by atoms with Crippen molar-refractivity contribution in [3.8, 4) is 0 Å². The average Bonchev–Trinajstić information content (AvgIpc) is 3.33. The lowest BCUT2D eigenvalue weighted by molar-refractivity contribution is 0.0995. The van der Waals surface area contributed by atoms with Gasteiger partial charge in [0, 0.05) is 13.6 Å². The number of aryl methyl sites for hydroxylation is 1. The zero-order valence-corrected chi connectivity index (χ0v) is 16.3. The number of nitrogens with zero attached hydrogens (tertiary/aromatic N) is 3. The number of carbonyl (C=O) groups excluding carboxylic acids is 2. The fraction of sp³-hybridized carbons (Fsp3) is 0.150. The molecule has 7 nitrogen and oxygen atoms in total. The van der Waals surface area contributed by atoms with Gasteiger partial charge in [-0.3, -0.25) is 14.3 Å². The Morgan fingerprint density at radius 3 is 2.68 bits per heavy atom. The van der Waals surface area contributed by atoms with Gasteiger partial charge in [-0.15, -0.1) is 11.3 Å². The molecule has 28 heavy (non-hydrogen) atoms. The zero-order valence-electron chi connectivity index (χ0n) is 15.5. The quantitative estimate of drug-likeness (QED) is 0.545. The first-order valence-electron chi connectivity index (χ1n) is 8.71. The van der Waals surface area contributed by atoms with E-state index >= 15 is 0 Å². The summed E-state index contributed by atoms with van der Waals surface area (Å²) >= 11 is 1.58. The van der Waals surface area contributed by atoms with Gasteiger partial charge in [0.1, 0.15) is 5.69 Å². The molecular weight excluding hydrogens is 374 g/mol. The summed E-state index contributed by atoms with van der Waals surface area (Å²) in [7, 11) is 1.70. The van der Waals surface area contributed by atoms with Gasteiger partial charge < -0.3 is 15.6 Å². The maximum absolute atomic E-state index is 13.1. The summed E-state index contributed by atoms with van der Waals surface area (Å²) in [5, 5.41) is 8.94. The molecule has 0 aliphatic heterocycles. The third kappa shape index (κ3) is 3.07. The molecule has 0 saturated carbocycles. The maximum atomic E-state index is 13.1. The second-order valence-corrected chi connectivity index (χ2v) is 7.47. The van der Waals surface area contributed by atoms with E-state index in [4.69, 9.17) is 5.73 Å². The molecule has 0 bridgehead atoms. The predicted octanol–water partition coefficient (Wildman–Crippen LogP) is 3.14. The monoisotopic (exact) mass is 393 g/mol. The molecule has 2 amide bonds. The molecule has 4 rings (SSSR count). The summed E-state index contributed by atoms with van der Waals surface area (Å²) in [5.41, 5.74) is 9.08. The molecule has 0 radical (unpaired) electrons. The van der Waals surface area contributed by atoms with Crippen molar-refractivity contribution < 1.29 is 9.59 Å². The summed E-state index contributed by atoms with van der Waals surface area (Å²) in [6.07, 6.45) is 0. The number of fused-ring (bicyclic) bond motifs is 1. The van der Waals surface area contributed by atoms with E-state index in [0.29, 0.717) is 23.6 Å². The number of amides is 2. The number of thiophene rings is 1. The fourth-order valence-electron chi connectivity index (χ4n) is 3.21. The van der Waals surface area contributed by atoms with Gasteiger partial charge in [0.2, 0.25) is 0 Å². The summed E-state index contributed by atoms with van der Waals surface area (Å²) in [6.45, 7) is 2.34. The first-order valence-corrected chi connectivity index (χ1v) is 9.59. The van der Waals surface area contributed by atoms with E-state index in [0.717, 1.165) is 15.8 Å². The van der Waals surface area contributed by atoms with Gasteiger partial charge in [-0.25, -0.2) is 0 Å². The molecule has 3 aromatic heterocycles. The number of hydrogen-bond donors (Lipinski definition) is 2. The van der Waals surface area contributed by atoms with E-state index in [2.05, 4.69) is 10.4 Å². The Hall–Kier alpha value is -3.39. The number of primary amides is 1. The van der Waals surface area contributed by atoms with Crippen molar-refractivity contribution in [3.05, 3.63) is 70.5 Å². The smallest absolute Gasteiger partial charge is 0.272 e. The minimum absolute atomic E-state index is 0.0522. The minimum Gasteiger partial charge on any atom is -0.364 e. The number of aromatic nitrogens is 3. The summed E-state index contributed by atoms with van der Waals surface area (Å²) in [4.78, 5) is 24.8. The molecule has 0 aliphatic rings. The zero-order chi connectivity index (χ0) is 19.8. The molecule has 3 N–H and O–H groups in total. The largest absolute Gasteiger partial charge is 0.364 e. The van der Waals surface area contributed by atoms with Gasteiger partial charge in [-0.05, 0) is 30.0 Å². The highest BCUT2D eigenvalue weighted by atomic mass is 32.1. The average molecular weight is 393 g/mol. The Morgan fingerprint density at radius 1 is 1.21 bits per heavy atom. The van der Waals surface area contributed by atoms with Crippen LogP contribution in [0.25, 0.3) is 10.2 Å². The van der Waals surface area contributed by atoms with Crippen LogP contribution in [0.2, 0.25) is 0 Å². The highest BCUT2D eigenvalue weighted by Crippen LogP contribution is 2.28. The van der Waals surface area contributed by atoms with Crippen molar-refractivity contribution in [1.29, 1.82) is 0 Å². The van der Waals surface area contributed by atoms with Crippen LogP contribution in [0, 0.1) is 6.92 Å². The Labute approximate surface area is 165 Å². The number of nitrogens with two attached hydrogens (primary N) is 1. The molecule has 3 heterocycles. The Morgan fingerprint density at radius 2 is 1.96 bits per heavy atom. The number of anilines is 1. The van der Waals surface area contributed by atoms with E-state index in [-0.39, 0.29) is 11.6 Å². The van der Waals surface area contributed by atoms with Gasteiger partial charge in [-0.1, -0.05) is 30.3 Å². The second-order valence-electron chi connectivity index (χ2n) is 6.52. The third-order valence-corrected chi connectivity index (χ3v) is 5.60. The van der Waals surface area contributed by atoms with Crippen molar-refractivity contribution in [2.45, 2.75) is 13.5 Å². The highest BCUT2D eigenvalue weighted by molar-refractivity contribution is 7.17. The second kappa shape index (κ2) is 6.97. The molecule has 4 aromatic rings. The van der Waals surface area contributed by atoms with Crippen molar-refractivity contribution in [2.24, 2.45) is 12.8 Å². The minimum atomic E-state index is -0.681. The van der Waals surface area contributed by atoms with Crippen LogP contribution in [0.3, 0.4) is 0 Å². The van der Waals surface area contributed by atoms with Crippen LogP contribution in [-0.4, -0.2) is 26.2 Å². The number of carbonyl (C=O) groups is 2. The topological polar surface area (TPSA) is 94.9 Å². The fourth-order valence-corrected chi connectivity index (χ4v) is 4.03. The van der Waals surface area contributed by atoms with E-state index < -0.39 is 5.91 Å². The summed E-state index contributed by atoms with van der Waals surface area (Å²) in [5.74, 6) is -0.988. The third-order valence-electron chi connectivity index (χ3n) is 4.74. The Balaban J connectivity index is 1.74. The van der Waals surface area contributed by atoms with E-state index in [9.17, 15) is 9.59 Å². The molecule has 142 valence electrons. The predicted molar refractivity (Wildman–Crippen MR) is 110 cm³/mol. The highest BCUT2D eigenvalue weighted by Gasteiger charge is 2.23. The normalized spacial score (nSPS) is 11.1. The van der Waals surface area contributed by atoms with Crippen LogP contribution in [-0.2, 0) is 13.6 Å². The SMILES string of the molecule is Cc1c(NC(=O)c2cc3sccc3n2Cc2ccccc2)c(C(N)=O)nn1C. The lowest BCUT2D eigenvalue weighted by atomic mass is 10.2. The van der Waals surface area contributed by atoms with Gasteiger partial charge in [0.15, 0.2) is 5.69 Å². The first kappa shape index (κ1) is 18.0. The molecule has 0 fully saturated rings. The standard InChI is InChI=1S/C20H19N5O2S/c1-12-17(18(19(21)26)23-24(12)2)22-20(27)15-10-16-14(8-9-28-16)25(15)11-13-6-4-3-5-7-13/h3-10H,11H2,1-2H3,(H2,21,26)(H,22,27). The first-order chi connectivity index (χ1) is 13.5. The van der Waals surface area contributed by atoms with Crippen LogP contribution in [0.5, 0.6) is 0 Å². The van der Waals surface area contributed by atoms with Gasteiger partial charge in [-0.2, -0.15) is 5.10 Å². The number of benzene rings is 1. The van der Waals surface area contributed by atoms with E-state index in [1.165, 1.54) is 4.68 Å². The van der Waals surface area contributed by atoms with Crippen LogP contribution in [0.15, 0.2) is 47.8 Å². The summed E-state index contributed by atoms with van der Waals surface area (Å²) < 4.78 is 4.53. The van der Waals surface area contributed by atoms with E-state index in [1.807, 2.05) is 52.4 Å². The van der Waals surface area contributed by atoms with Crippen LogP contribution < -0.4 is 11.1 Å². The van der Waals surface area contributed by atoms with Crippen LogP contribution in [0.4, 0.5) is 5.69 Å². The van der Waals surface area contributed by atoms with Crippen molar-refractivity contribution in [2.75, 3.05) is 5.32 Å². The maximum Gasteiger partial charge on any atom is 0.272 e. The van der Waals surface area contributed by atoms with Crippen LogP contribution >= 0.6 is 11.3 Å². The molecular formula is C20H19N5O2S. The number of hydrogen-bond acceptors (Lipinski definition) is 4. The Bertz CT molecular complexity index is 1190. The lowest BCUT2D eigenvalue weighted by Crippen LogP contribution is -2.21. The van der Waals surface area contributed by atoms with Crippen molar-refractivity contribution >= 4 is 39.1 Å². The van der Waals surface area contributed by atoms with Crippen molar-refractivity contribution in [1.82, 2.24) is 14.3 Å². The number of nitrogens with one attached hydrogen (secondary N) is 1. The molecule has 0 saturated heterocycles. The molecule has 1 aromatic carbocycles. The molecule has 0 spiro atoms. The molecule has 8 heteroatoms. The van der Waals surface area contributed by atoms with Gasteiger partial charge in [0.25, 0.3) is 11.8 Å². The van der Waals surface area contributed by atoms with Gasteiger partial charge >= 0.3 is 0 Å². The number of rotatable bonds is 5. The lowest BCUT2D eigenvalue weighted by Gasteiger charge is -2.11. The molecule has 0 unspecified atom stereocenters. The van der Waals surface area contributed by atoms with Crippen molar-refractivity contribution in [3.63, 3.8) is 0 Å². The molecule has 0 atom stereocenters.